The Hall–Kier alpha value is -4.85. The molecule has 2 heterocycles. The van der Waals surface area contributed by atoms with Gasteiger partial charge in [-0.1, -0.05) is 19.1 Å². The number of nitrogens with zero attached hydrogens (tertiary/aromatic N) is 6. The molecule has 0 saturated heterocycles. The maximum atomic E-state index is 11.3. The summed E-state index contributed by atoms with van der Waals surface area (Å²) >= 11 is 0. The van der Waals surface area contributed by atoms with Crippen molar-refractivity contribution in [1.29, 1.82) is 5.26 Å². The van der Waals surface area contributed by atoms with Gasteiger partial charge in [0.15, 0.2) is 0 Å². The monoisotopic (exact) mass is 540 g/mol. The fourth-order valence-corrected chi connectivity index (χ4v) is 5.12. The minimum Gasteiger partial charge on any atom is -0.495 e. The third-order valence-corrected chi connectivity index (χ3v) is 7.35. The lowest BCUT2D eigenvalue weighted by Crippen LogP contribution is -2.24. The van der Waals surface area contributed by atoms with Gasteiger partial charge in [0.2, 0.25) is 5.95 Å². The van der Waals surface area contributed by atoms with E-state index in [4.69, 9.17) is 21.3 Å². The summed E-state index contributed by atoms with van der Waals surface area (Å²) < 4.78 is 5.45. The van der Waals surface area contributed by atoms with Crippen LogP contribution in [0.15, 0.2) is 52.6 Å². The Morgan fingerprint density at radius 3 is 2.62 bits per heavy atom. The van der Waals surface area contributed by atoms with E-state index >= 15 is 0 Å². The van der Waals surface area contributed by atoms with Gasteiger partial charge >= 0.3 is 5.97 Å². The highest BCUT2D eigenvalue weighted by molar-refractivity contribution is 6.37. The number of nitriles is 1. The number of ether oxygens (including phenoxy) is 1. The summed E-state index contributed by atoms with van der Waals surface area (Å²) in [6.07, 6.45) is 4.70. The zero-order valence-corrected chi connectivity index (χ0v) is 22.5. The minimum absolute atomic E-state index is 0.00667. The number of nitrogens with two attached hydrogens (primary N) is 2. The number of aliphatic imine (C=N–C) groups is 1. The molecule has 1 aliphatic carbocycles. The van der Waals surface area contributed by atoms with E-state index in [0.29, 0.717) is 59.3 Å². The van der Waals surface area contributed by atoms with Gasteiger partial charge in [0.1, 0.15) is 17.5 Å². The Labute approximate surface area is 232 Å². The van der Waals surface area contributed by atoms with E-state index in [0.717, 1.165) is 24.2 Å². The van der Waals surface area contributed by atoms with E-state index in [1.807, 2.05) is 18.2 Å². The molecule has 3 aromatic rings. The molecule has 1 aliphatic rings. The molecule has 1 atom stereocenters. The topological polar surface area (TPSA) is 186 Å². The normalized spacial score (nSPS) is 18.3. The first-order chi connectivity index (χ1) is 19.3. The number of aliphatic carboxylic acids is 1. The summed E-state index contributed by atoms with van der Waals surface area (Å²) in [5.41, 5.74) is 9.81. The van der Waals surface area contributed by atoms with Crippen LogP contribution in [0.25, 0.3) is 11.3 Å². The van der Waals surface area contributed by atoms with Gasteiger partial charge < -0.3 is 21.4 Å². The van der Waals surface area contributed by atoms with Crippen molar-refractivity contribution in [2.24, 2.45) is 27.8 Å². The van der Waals surface area contributed by atoms with Gasteiger partial charge in [0.05, 0.1) is 48.4 Å². The molecule has 1 saturated carbocycles. The van der Waals surface area contributed by atoms with Gasteiger partial charge in [-0.3, -0.25) is 14.8 Å². The largest absolute Gasteiger partial charge is 0.495 e. The highest BCUT2D eigenvalue weighted by Gasteiger charge is 2.29. The van der Waals surface area contributed by atoms with Gasteiger partial charge in [0.25, 0.3) is 0 Å². The van der Waals surface area contributed by atoms with E-state index in [2.05, 4.69) is 33.1 Å². The Bertz CT molecular complexity index is 1470. The number of carboxylic acid groups (broad SMARTS) is 1. The van der Waals surface area contributed by atoms with Gasteiger partial charge in [-0.15, -0.1) is 0 Å². The van der Waals surface area contributed by atoms with Crippen LogP contribution in [0.1, 0.15) is 61.2 Å². The standard InChI is InChI=1S/C29H32N8O3/c1-17(18-9-11-19(12-10-18)28(38)39)23-8-4-6-21(34-23)15-33-16-26(37-32)25-13-24(35-29(31)36-25)22-7-3-5-20(14-30)27(22)40-2/h3-8,13,16-19H,9-12,15,32H2,1-2H3,(H,38,39)(H2,31,35,36). The SMILES string of the molecule is COc1c(C#N)cccc1-c1cc(C(C=NCc2cccc(C(C)C3CCC(C(=O)O)CC3)n2)=NN)nc(N)n1. The first-order valence-electron chi connectivity index (χ1n) is 13.0. The number of rotatable bonds is 9. The number of carbonyl (C=O) groups is 1. The Morgan fingerprint density at radius 1 is 1.20 bits per heavy atom. The van der Waals surface area contributed by atoms with Crippen LogP contribution >= 0.6 is 0 Å². The lowest BCUT2D eigenvalue weighted by molar-refractivity contribution is -0.143. The fraction of sp³-hybridized carbons (Fsp3) is 0.345. The summed E-state index contributed by atoms with van der Waals surface area (Å²) in [5, 5.41) is 22.5. The van der Waals surface area contributed by atoms with Crippen molar-refractivity contribution in [2.75, 3.05) is 12.8 Å². The zero-order chi connectivity index (χ0) is 28.6. The van der Waals surface area contributed by atoms with E-state index < -0.39 is 5.97 Å². The molecular formula is C29H32N8O3. The van der Waals surface area contributed by atoms with Crippen molar-refractivity contribution in [3.63, 3.8) is 0 Å². The molecule has 1 aromatic carbocycles. The average molecular weight is 541 g/mol. The highest BCUT2D eigenvalue weighted by Crippen LogP contribution is 2.37. The lowest BCUT2D eigenvalue weighted by Gasteiger charge is -2.30. The summed E-state index contributed by atoms with van der Waals surface area (Å²) in [7, 11) is 1.48. The average Bonchev–Trinajstić information content (AvgIpc) is 2.98. The van der Waals surface area contributed by atoms with Crippen LogP contribution in [0.3, 0.4) is 0 Å². The van der Waals surface area contributed by atoms with Crippen LogP contribution in [0.5, 0.6) is 5.75 Å². The first-order valence-corrected chi connectivity index (χ1v) is 13.0. The number of benzene rings is 1. The lowest BCUT2D eigenvalue weighted by atomic mass is 9.75. The third kappa shape index (κ3) is 6.40. The Morgan fingerprint density at radius 2 is 1.95 bits per heavy atom. The van der Waals surface area contributed by atoms with Gasteiger partial charge in [0, 0.05) is 17.2 Å². The van der Waals surface area contributed by atoms with Crippen molar-refractivity contribution in [1.82, 2.24) is 15.0 Å². The van der Waals surface area contributed by atoms with Crippen molar-refractivity contribution in [3.8, 4) is 23.1 Å². The molecule has 0 aliphatic heterocycles. The number of para-hydroxylation sites is 1. The number of carboxylic acids is 1. The molecule has 11 nitrogen and oxygen atoms in total. The number of aromatic nitrogens is 3. The predicted molar refractivity (Wildman–Crippen MR) is 152 cm³/mol. The van der Waals surface area contributed by atoms with E-state index in [-0.39, 0.29) is 17.8 Å². The number of hydrogen-bond donors (Lipinski definition) is 3. The molecule has 2 aromatic heterocycles. The van der Waals surface area contributed by atoms with Crippen LogP contribution in [0.2, 0.25) is 0 Å². The second kappa shape index (κ2) is 12.8. The summed E-state index contributed by atoms with van der Waals surface area (Å²) in [6.45, 7) is 2.45. The molecule has 0 bridgehead atoms. The maximum absolute atomic E-state index is 11.3. The Kier molecular flexibility index (Phi) is 9.01. The summed E-state index contributed by atoms with van der Waals surface area (Å²) in [6, 6.07) is 14.8. The fourth-order valence-electron chi connectivity index (χ4n) is 5.12. The van der Waals surface area contributed by atoms with Crippen LogP contribution in [-0.2, 0) is 11.3 Å². The number of hydrogen-bond acceptors (Lipinski definition) is 10. The predicted octanol–water partition coefficient (Wildman–Crippen LogP) is 3.93. The van der Waals surface area contributed by atoms with Crippen LogP contribution < -0.4 is 16.3 Å². The number of methoxy groups -OCH3 is 1. The molecular weight excluding hydrogens is 508 g/mol. The summed E-state index contributed by atoms with van der Waals surface area (Å²) in [4.78, 5) is 29.2. The number of hydrazone groups is 1. The molecule has 1 fully saturated rings. The molecule has 0 radical (unpaired) electrons. The number of pyridine rings is 1. The van der Waals surface area contributed by atoms with Gasteiger partial charge in [-0.05, 0) is 61.9 Å². The van der Waals surface area contributed by atoms with Crippen molar-refractivity contribution in [2.45, 2.75) is 45.1 Å². The minimum atomic E-state index is -0.696. The smallest absolute Gasteiger partial charge is 0.306 e. The number of nitrogen functional groups attached to an aromatic ring is 1. The van der Waals surface area contributed by atoms with E-state index in [9.17, 15) is 15.2 Å². The van der Waals surface area contributed by atoms with Gasteiger partial charge in [-0.25, -0.2) is 9.97 Å². The molecule has 11 heteroatoms. The Balaban J connectivity index is 1.49. The maximum Gasteiger partial charge on any atom is 0.306 e. The van der Waals surface area contributed by atoms with Crippen LogP contribution in [0.4, 0.5) is 5.95 Å². The summed E-state index contributed by atoms with van der Waals surface area (Å²) in [5.74, 6) is 5.76. The van der Waals surface area contributed by atoms with Crippen molar-refractivity contribution < 1.29 is 14.6 Å². The second-order valence-electron chi connectivity index (χ2n) is 9.77. The van der Waals surface area contributed by atoms with Crippen LogP contribution in [0, 0.1) is 23.2 Å². The zero-order valence-electron chi connectivity index (χ0n) is 22.5. The van der Waals surface area contributed by atoms with Crippen molar-refractivity contribution in [3.05, 3.63) is 65.1 Å². The molecule has 4 rings (SSSR count). The van der Waals surface area contributed by atoms with Crippen LogP contribution in [-0.4, -0.2) is 45.1 Å². The third-order valence-electron chi connectivity index (χ3n) is 7.35. The molecule has 206 valence electrons. The molecule has 0 spiro atoms. The quantitative estimate of drug-likeness (QED) is 0.205. The van der Waals surface area contributed by atoms with E-state index in [1.54, 1.807) is 24.3 Å². The first kappa shape index (κ1) is 28.2. The van der Waals surface area contributed by atoms with Gasteiger partial charge in [-0.2, -0.15) is 10.4 Å². The van der Waals surface area contributed by atoms with E-state index in [1.165, 1.54) is 13.3 Å². The highest BCUT2D eigenvalue weighted by atomic mass is 16.5. The molecule has 40 heavy (non-hydrogen) atoms. The second-order valence-corrected chi connectivity index (χ2v) is 9.77. The number of anilines is 1. The molecule has 0 amide bonds. The molecule has 5 N–H and O–H groups in total. The molecule has 1 unspecified atom stereocenters. The van der Waals surface area contributed by atoms with Crippen molar-refractivity contribution >= 4 is 23.8 Å².